The number of methoxy groups -OCH3 is 1. The Morgan fingerprint density at radius 3 is 2.53 bits per heavy atom. The van der Waals surface area contributed by atoms with Gasteiger partial charge in [-0.2, -0.15) is 0 Å². The number of amides is 1. The number of benzene rings is 3. The van der Waals surface area contributed by atoms with Gasteiger partial charge in [0.25, 0.3) is 11.7 Å². The van der Waals surface area contributed by atoms with E-state index in [9.17, 15) is 14.7 Å². The summed E-state index contributed by atoms with van der Waals surface area (Å²) in [6.45, 7) is 3.38. The molecule has 1 saturated heterocycles. The molecule has 1 fully saturated rings. The Balaban J connectivity index is 1.82. The van der Waals surface area contributed by atoms with E-state index in [2.05, 4.69) is 0 Å². The number of rotatable bonds is 9. The van der Waals surface area contributed by atoms with Gasteiger partial charge < -0.3 is 19.5 Å². The molecule has 0 saturated carbocycles. The lowest BCUT2D eigenvalue weighted by molar-refractivity contribution is -0.140. The predicted octanol–water partition coefficient (Wildman–Crippen LogP) is 5.09. The first-order chi connectivity index (χ1) is 16.5. The fourth-order valence-corrected chi connectivity index (χ4v) is 4.32. The van der Waals surface area contributed by atoms with E-state index in [1.54, 1.807) is 13.2 Å². The van der Waals surface area contributed by atoms with Gasteiger partial charge >= 0.3 is 0 Å². The van der Waals surface area contributed by atoms with E-state index in [0.29, 0.717) is 43.1 Å². The maximum atomic E-state index is 13.2. The van der Waals surface area contributed by atoms with Crippen molar-refractivity contribution in [1.82, 2.24) is 4.90 Å². The molecule has 1 unspecified atom stereocenters. The van der Waals surface area contributed by atoms with Crippen molar-refractivity contribution in [1.29, 1.82) is 0 Å². The molecule has 1 amide bonds. The van der Waals surface area contributed by atoms with Gasteiger partial charge in [0.15, 0.2) is 0 Å². The zero-order chi connectivity index (χ0) is 24.1. The quantitative estimate of drug-likeness (QED) is 0.209. The van der Waals surface area contributed by atoms with E-state index in [0.717, 1.165) is 17.2 Å². The number of nitrogens with zero attached hydrogens (tertiary/aromatic N) is 1. The third-order valence-corrected chi connectivity index (χ3v) is 5.96. The Labute approximate surface area is 199 Å². The third kappa shape index (κ3) is 4.68. The molecule has 0 radical (unpaired) electrons. The van der Waals surface area contributed by atoms with Crippen LogP contribution in [-0.2, 0) is 14.3 Å². The van der Waals surface area contributed by atoms with Gasteiger partial charge in [-0.3, -0.25) is 9.59 Å². The highest BCUT2D eigenvalue weighted by Crippen LogP contribution is 2.40. The monoisotopic (exact) mass is 459 g/mol. The van der Waals surface area contributed by atoms with Crippen LogP contribution in [0.5, 0.6) is 5.75 Å². The van der Waals surface area contributed by atoms with E-state index < -0.39 is 17.7 Å². The number of Topliss-reactive ketones (excluding diaryl/α,β-unsaturated/α-hetero) is 1. The first-order valence-corrected chi connectivity index (χ1v) is 11.5. The van der Waals surface area contributed by atoms with E-state index in [-0.39, 0.29) is 11.3 Å². The van der Waals surface area contributed by atoms with Gasteiger partial charge in [-0.15, -0.1) is 0 Å². The molecule has 3 aromatic rings. The van der Waals surface area contributed by atoms with Crippen LogP contribution in [0.2, 0.25) is 0 Å². The second kappa shape index (κ2) is 10.5. The van der Waals surface area contributed by atoms with Gasteiger partial charge in [-0.25, -0.2) is 0 Å². The molecule has 34 heavy (non-hydrogen) atoms. The highest BCUT2D eigenvalue weighted by atomic mass is 16.5. The van der Waals surface area contributed by atoms with Crippen LogP contribution in [0.4, 0.5) is 0 Å². The highest BCUT2D eigenvalue weighted by Gasteiger charge is 2.45. The Morgan fingerprint density at radius 1 is 0.971 bits per heavy atom. The van der Waals surface area contributed by atoms with Crippen LogP contribution in [0.15, 0.2) is 72.3 Å². The molecular formula is C28H29NO5. The van der Waals surface area contributed by atoms with Crippen molar-refractivity contribution >= 4 is 28.2 Å². The van der Waals surface area contributed by atoms with Gasteiger partial charge in [0.1, 0.15) is 11.5 Å². The normalized spacial score (nSPS) is 17.5. The minimum atomic E-state index is -0.714. The molecule has 1 heterocycles. The van der Waals surface area contributed by atoms with E-state index in [1.807, 2.05) is 67.6 Å². The lowest BCUT2D eigenvalue weighted by atomic mass is 9.94. The summed E-state index contributed by atoms with van der Waals surface area (Å²) >= 11 is 0. The standard InChI is InChI=1S/C28H29NO5/c1-3-15-34-23-11-6-10-21(18-23)25-24(27(31)28(32)29(25)14-7-16-33-2)26(30)22-13-12-19-8-4-5-9-20(19)17-22/h4-6,8-13,17-18,25,30H,3,7,14-16H2,1-2H3/b26-24-. The SMILES string of the molecule is CCCOc1cccc(C2/C(=C(/O)c3ccc4ccccc4c3)C(=O)C(=O)N2CCCOC)c1. The number of aliphatic hydroxyl groups excluding tert-OH is 1. The van der Waals surface area contributed by atoms with Crippen molar-refractivity contribution in [3.8, 4) is 5.75 Å². The van der Waals surface area contributed by atoms with Crippen molar-refractivity contribution in [2.75, 3.05) is 26.9 Å². The number of hydrogen-bond donors (Lipinski definition) is 1. The largest absolute Gasteiger partial charge is 0.507 e. The summed E-state index contributed by atoms with van der Waals surface area (Å²) in [5.41, 5.74) is 1.30. The van der Waals surface area contributed by atoms with Gasteiger partial charge in [-0.1, -0.05) is 55.5 Å². The minimum absolute atomic E-state index is 0.0883. The van der Waals surface area contributed by atoms with Crippen LogP contribution in [-0.4, -0.2) is 48.6 Å². The second-order valence-corrected chi connectivity index (χ2v) is 8.32. The molecule has 3 aromatic carbocycles. The Kier molecular flexibility index (Phi) is 7.28. The van der Waals surface area contributed by atoms with Crippen molar-refractivity contribution < 1.29 is 24.2 Å². The number of ether oxygens (including phenoxy) is 2. The van der Waals surface area contributed by atoms with Crippen LogP contribution in [0, 0.1) is 0 Å². The topological polar surface area (TPSA) is 76.1 Å². The third-order valence-electron chi connectivity index (χ3n) is 5.96. The number of hydrogen-bond acceptors (Lipinski definition) is 5. The Morgan fingerprint density at radius 2 is 1.76 bits per heavy atom. The summed E-state index contributed by atoms with van der Waals surface area (Å²) in [6.07, 6.45) is 1.43. The smallest absolute Gasteiger partial charge is 0.295 e. The molecule has 0 aliphatic carbocycles. The number of carbonyl (C=O) groups is 2. The molecule has 0 aromatic heterocycles. The maximum absolute atomic E-state index is 13.2. The summed E-state index contributed by atoms with van der Waals surface area (Å²) < 4.78 is 10.9. The summed E-state index contributed by atoms with van der Waals surface area (Å²) in [5, 5.41) is 13.3. The van der Waals surface area contributed by atoms with Gasteiger partial charge in [0, 0.05) is 25.8 Å². The first-order valence-electron chi connectivity index (χ1n) is 11.5. The summed E-state index contributed by atoms with van der Waals surface area (Å²) in [4.78, 5) is 27.8. The number of fused-ring (bicyclic) bond motifs is 1. The number of carbonyl (C=O) groups excluding carboxylic acids is 2. The average molecular weight is 460 g/mol. The Bertz CT molecular complexity index is 1230. The average Bonchev–Trinajstić information content (AvgIpc) is 3.12. The van der Waals surface area contributed by atoms with Crippen LogP contribution in [0.3, 0.4) is 0 Å². The van der Waals surface area contributed by atoms with Gasteiger partial charge in [-0.05, 0) is 47.4 Å². The fourth-order valence-electron chi connectivity index (χ4n) is 4.32. The highest BCUT2D eigenvalue weighted by molar-refractivity contribution is 6.46. The maximum Gasteiger partial charge on any atom is 0.295 e. The predicted molar refractivity (Wildman–Crippen MR) is 132 cm³/mol. The van der Waals surface area contributed by atoms with Crippen molar-refractivity contribution in [3.63, 3.8) is 0 Å². The van der Waals surface area contributed by atoms with Crippen LogP contribution in [0.1, 0.15) is 36.9 Å². The molecule has 0 spiro atoms. The van der Waals surface area contributed by atoms with Crippen LogP contribution < -0.4 is 4.74 Å². The summed E-state index contributed by atoms with van der Waals surface area (Å²) in [6, 6.07) is 20.0. The molecule has 176 valence electrons. The summed E-state index contributed by atoms with van der Waals surface area (Å²) in [7, 11) is 1.60. The molecule has 1 aliphatic rings. The zero-order valence-corrected chi connectivity index (χ0v) is 19.5. The van der Waals surface area contributed by atoms with Crippen molar-refractivity contribution in [3.05, 3.63) is 83.4 Å². The summed E-state index contributed by atoms with van der Waals surface area (Å²) in [5.74, 6) is -0.827. The molecule has 1 N–H and O–H groups in total. The van der Waals surface area contributed by atoms with E-state index in [1.165, 1.54) is 4.90 Å². The zero-order valence-electron chi connectivity index (χ0n) is 19.5. The lowest BCUT2D eigenvalue weighted by Crippen LogP contribution is -2.31. The fraction of sp³-hybridized carbons (Fsp3) is 0.286. The van der Waals surface area contributed by atoms with Gasteiger partial charge in [0.05, 0.1) is 18.2 Å². The van der Waals surface area contributed by atoms with Crippen LogP contribution in [0.25, 0.3) is 16.5 Å². The lowest BCUT2D eigenvalue weighted by Gasteiger charge is -2.25. The van der Waals surface area contributed by atoms with E-state index in [4.69, 9.17) is 9.47 Å². The minimum Gasteiger partial charge on any atom is -0.507 e. The second-order valence-electron chi connectivity index (χ2n) is 8.32. The molecule has 0 bridgehead atoms. The van der Waals surface area contributed by atoms with Crippen molar-refractivity contribution in [2.24, 2.45) is 0 Å². The molecule has 4 rings (SSSR count). The first kappa shape index (κ1) is 23.5. The van der Waals surface area contributed by atoms with Crippen LogP contribution >= 0.6 is 0 Å². The molecular weight excluding hydrogens is 430 g/mol. The molecule has 6 heteroatoms. The number of likely N-dealkylation sites (tertiary alicyclic amines) is 1. The van der Waals surface area contributed by atoms with E-state index >= 15 is 0 Å². The number of ketones is 1. The number of aliphatic hydroxyl groups is 1. The van der Waals surface area contributed by atoms with Gasteiger partial charge in [0.2, 0.25) is 0 Å². The van der Waals surface area contributed by atoms with Crippen molar-refractivity contribution in [2.45, 2.75) is 25.8 Å². The molecule has 6 nitrogen and oxygen atoms in total. The molecule has 1 aliphatic heterocycles. The molecule has 1 atom stereocenters. The Hall–Kier alpha value is -3.64.